The summed E-state index contributed by atoms with van der Waals surface area (Å²) in [5.41, 5.74) is 1.46. The number of likely N-dealkylation sites (tertiary alicyclic amines) is 1. The normalized spacial score (nSPS) is 28.2. The summed E-state index contributed by atoms with van der Waals surface area (Å²) in [5.74, 6) is -6.13. The molecular formula is C38H33NO8. The van der Waals surface area contributed by atoms with E-state index < -0.39 is 52.8 Å². The van der Waals surface area contributed by atoms with Crippen molar-refractivity contribution in [2.75, 3.05) is 13.7 Å². The summed E-state index contributed by atoms with van der Waals surface area (Å²) in [5, 5.41) is 20.3. The number of phenolic OH excluding ortho intramolecular Hbond substituents is 1. The van der Waals surface area contributed by atoms with Gasteiger partial charge in [-0.05, 0) is 53.7 Å². The third kappa shape index (κ3) is 4.55. The van der Waals surface area contributed by atoms with Crippen LogP contribution >= 0.6 is 0 Å². The summed E-state index contributed by atoms with van der Waals surface area (Å²) in [7, 11) is 1.44. The first kappa shape index (κ1) is 30.3. The van der Waals surface area contributed by atoms with Crippen molar-refractivity contribution in [3.63, 3.8) is 0 Å². The van der Waals surface area contributed by atoms with Gasteiger partial charge >= 0.3 is 5.97 Å². The molecular weight excluding hydrogens is 598 g/mol. The van der Waals surface area contributed by atoms with Crippen molar-refractivity contribution in [1.82, 2.24) is 4.90 Å². The van der Waals surface area contributed by atoms with Crippen molar-refractivity contribution in [2.45, 2.75) is 30.6 Å². The number of nitrogens with zero attached hydrogens (tertiary/aromatic N) is 1. The highest BCUT2D eigenvalue weighted by Gasteiger charge is 2.65. The maximum absolute atomic E-state index is 15.0. The zero-order chi connectivity index (χ0) is 33.0. The second-order valence-corrected chi connectivity index (χ2v) is 12.7. The molecule has 1 aliphatic heterocycles. The molecule has 0 aromatic heterocycles. The number of aliphatic carboxylic acids is 1. The average Bonchev–Trinajstić information content (AvgIpc) is 3.33. The molecule has 2 amide bonds. The number of benzene rings is 3. The van der Waals surface area contributed by atoms with Crippen LogP contribution in [0.25, 0.3) is 5.57 Å². The Morgan fingerprint density at radius 2 is 1.64 bits per heavy atom. The number of carboxylic acid groups (broad SMARTS) is 1. The molecule has 1 saturated carbocycles. The number of carbonyl (C=O) groups is 5. The SMILES string of the molecule is COc1ccc(C2C3=CCC4C(=O)N(CCC(=O)O)C(=O)C4C3CC3C(=O)C(c4ccccc4)=CC(=O)C32c2ccccc2)cc1O. The summed E-state index contributed by atoms with van der Waals surface area (Å²) in [6.07, 6.45) is 3.38. The molecule has 9 heteroatoms. The molecule has 2 fully saturated rings. The zero-order valence-corrected chi connectivity index (χ0v) is 25.7. The van der Waals surface area contributed by atoms with Gasteiger partial charge in [0.05, 0.1) is 30.8 Å². The molecule has 1 saturated heterocycles. The van der Waals surface area contributed by atoms with Crippen molar-refractivity contribution in [3.05, 3.63) is 113 Å². The molecule has 3 aliphatic carbocycles. The minimum absolute atomic E-state index is 0.136. The van der Waals surface area contributed by atoms with Gasteiger partial charge in [0.15, 0.2) is 23.1 Å². The van der Waals surface area contributed by atoms with E-state index in [1.807, 2.05) is 42.5 Å². The summed E-state index contributed by atoms with van der Waals surface area (Å²) < 4.78 is 5.32. The third-order valence-electron chi connectivity index (χ3n) is 10.6. The Hall–Kier alpha value is -5.31. The van der Waals surface area contributed by atoms with Gasteiger partial charge in [-0.2, -0.15) is 0 Å². The Morgan fingerprint density at radius 1 is 0.936 bits per heavy atom. The Bertz CT molecular complexity index is 1880. The van der Waals surface area contributed by atoms with Crippen LogP contribution in [0.3, 0.4) is 0 Å². The average molecular weight is 632 g/mol. The van der Waals surface area contributed by atoms with Gasteiger partial charge in [-0.1, -0.05) is 78.4 Å². The smallest absolute Gasteiger partial charge is 0.305 e. The van der Waals surface area contributed by atoms with E-state index in [0.717, 1.165) is 10.5 Å². The molecule has 6 unspecified atom stereocenters. The Labute approximate surface area is 271 Å². The van der Waals surface area contributed by atoms with Gasteiger partial charge in [-0.3, -0.25) is 28.9 Å². The van der Waals surface area contributed by atoms with E-state index in [-0.39, 0.29) is 48.9 Å². The summed E-state index contributed by atoms with van der Waals surface area (Å²) in [4.78, 5) is 69.8. The van der Waals surface area contributed by atoms with Gasteiger partial charge in [0.25, 0.3) is 0 Å². The van der Waals surface area contributed by atoms with Gasteiger partial charge in [0, 0.05) is 24.0 Å². The number of imide groups is 1. The number of carboxylic acids is 1. The summed E-state index contributed by atoms with van der Waals surface area (Å²) in [6, 6.07) is 23.1. The van der Waals surface area contributed by atoms with Crippen LogP contribution in [0, 0.1) is 23.7 Å². The molecule has 6 atom stereocenters. The predicted molar refractivity (Wildman–Crippen MR) is 170 cm³/mol. The molecule has 3 aromatic rings. The van der Waals surface area contributed by atoms with Crippen LogP contribution in [0.5, 0.6) is 11.5 Å². The molecule has 0 bridgehead atoms. The molecule has 7 rings (SSSR count). The maximum atomic E-state index is 15.0. The quantitative estimate of drug-likeness (QED) is 0.283. The van der Waals surface area contributed by atoms with Gasteiger partial charge in [0.2, 0.25) is 11.8 Å². The minimum Gasteiger partial charge on any atom is -0.504 e. The van der Waals surface area contributed by atoms with Crippen LogP contribution in [-0.4, -0.2) is 58.1 Å². The summed E-state index contributed by atoms with van der Waals surface area (Å²) >= 11 is 0. The van der Waals surface area contributed by atoms with Gasteiger partial charge in [-0.15, -0.1) is 0 Å². The lowest BCUT2D eigenvalue weighted by Gasteiger charge is -2.55. The second kappa shape index (κ2) is 11.5. The lowest BCUT2D eigenvalue weighted by molar-refractivity contribution is -0.142. The van der Waals surface area contributed by atoms with E-state index in [9.17, 15) is 34.2 Å². The van der Waals surface area contributed by atoms with E-state index in [1.165, 1.54) is 13.2 Å². The van der Waals surface area contributed by atoms with Crippen molar-refractivity contribution in [1.29, 1.82) is 0 Å². The number of ether oxygens (including phenoxy) is 1. The molecule has 9 nitrogen and oxygen atoms in total. The van der Waals surface area contributed by atoms with Crippen molar-refractivity contribution >= 4 is 34.9 Å². The largest absolute Gasteiger partial charge is 0.504 e. The van der Waals surface area contributed by atoms with E-state index >= 15 is 0 Å². The fourth-order valence-corrected chi connectivity index (χ4v) is 8.63. The number of fused-ring (bicyclic) bond motifs is 4. The monoisotopic (exact) mass is 631 g/mol. The molecule has 3 aromatic carbocycles. The molecule has 4 aliphatic rings. The van der Waals surface area contributed by atoms with E-state index in [4.69, 9.17) is 4.74 Å². The van der Waals surface area contributed by atoms with Gasteiger partial charge in [0.1, 0.15) is 0 Å². The topological polar surface area (TPSA) is 138 Å². The first-order chi connectivity index (χ1) is 22.7. The van der Waals surface area contributed by atoms with Crippen LogP contribution in [0.15, 0.2) is 96.6 Å². The first-order valence-electron chi connectivity index (χ1n) is 15.7. The molecule has 0 radical (unpaired) electrons. The number of carbonyl (C=O) groups excluding carboxylic acids is 4. The van der Waals surface area contributed by atoms with Crippen LogP contribution in [0.2, 0.25) is 0 Å². The Balaban J connectivity index is 1.47. The fourth-order valence-electron chi connectivity index (χ4n) is 8.63. The van der Waals surface area contributed by atoms with E-state index in [1.54, 1.807) is 42.5 Å². The lowest BCUT2D eigenvalue weighted by Crippen LogP contribution is -2.58. The molecule has 0 spiro atoms. The molecule has 238 valence electrons. The molecule has 47 heavy (non-hydrogen) atoms. The number of rotatable bonds is 7. The van der Waals surface area contributed by atoms with E-state index in [0.29, 0.717) is 22.3 Å². The zero-order valence-electron chi connectivity index (χ0n) is 25.7. The van der Waals surface area contributed by atoms with Crippen LogP contribution in [-0.2, 0) is 29.4 Å². The number of methoxy groups -OCH3 is 1. The fraction of sp³-hybridized carbons (Fsp3) is 0.289. The maximum Gasteiger partial charge on any atom is 0.305 e. The predicted octanol–water partition coefficient (Wildman–Crippen LogP) is 4.70. The van der Waals surface area contributed by atoms with Gasteiger partial charge < -0.3 is 14.9 Å². The van der Waals surface area contributed by atoms with Crippen molar-refractivity contribution in [2.24, 2.45) is 23.7 Å². The third-order valence-corrected chi connectivity index (χ3v) is 10.6. The number of phenols is 1. The molecule has 2 N–H and O–H groups in total. The standard InChI is InChI=1S/C38H33NO8/c1-47-30-15-12-22(18-29(30)40)34-24-13-14-25-33(37(46)39(36(25)45)17-16-32(42)43)27(24)19-28-35(44)26(21-8-4-2-5-9-21)20-31(41)38(28,34)23-10-6-3-7-11-23/h2-13,15,18,20,25,27-28,33-34,40H,14,16-17,19H2,1H3,(H,42,43). The van der Waals surface area contributed by atoms with E-state index in [2.05, 4.69) is 0 Å². The Kier molecular flexibility index (Phi) is 7.42. The Morgan fingerprint density at radius 3 is 2.30 bits per heavy atom. The number of aromatic hydroxyl groups is 1. The number of ketones is 2. The molecule has 1 heterocycles. The number of amides is 2. The van der Waals surface area contributed by atoms with Gasteiger partial charge in [-0.25, -0.2) is 0 Å². The summed E-state index contributed by atoms with van der Waals surface area (Å²) in [6.45, 7) is -0.229. The van der Waals surface area contributed by atoms with Crippen LogP contribution < -0.4 is 4.74 Å². The number of hydrogen-bond acceptors (Lipinski definition) is 7. The van der Waals surface area contributed by atoms with Crippen molar-refractivity contribution in [3.8, 4) is 11.5 Å². The highest BCUT2D eigenvalue weighted by molar-refractivity contribution is 6.31. The highest BCUT2D eigenvalue weighted by Crippen LogP contribution is 2.63. The number of Topliss-reactive ketones (excluding diaryl/α,β-unsaturated/α-hetero) is 1. The van der Waals surface area contributed by atoms with Crippen molar-refractivity contribution < 1.29 is 38.9 Å². The highest BCUT2D eigenvalue weighted by atomic mass is 16.5. The first-order valence-corrected chi connectivity index (χ1v) is 15.7. The minimum atomic E-state index is -1.42. The number of allylic oxidation sites excluding steroid dienone is 4. The number of hydrogen-bond donors (Lipinski definition) is 2. The van der Waals surface area contributed by atoms with Crippen LogP contribution in [0.1, 0.15) is 41.9 Å². The second-order valence-electron chi connectivity index (χ2n) is 12.7. The van der Waals surface area contributed by atoms with Crippen LogP contribution in [0.4, 0.5) is 0 Å². The lowest BCUT2D eigenvalue weighted by atomic mass is 9.44.